The Balaban J connectivity index is 1.82. The van der Waals surface area contributed by atoms with Crippen LogP contribution in [0.5, 0.6) is 0 Å². The van der Waals surface area contributed by atoms with Crippen LogP contribution < -0.4 is 5.73 Å². The minimum absolute atomic E-state index is 0.0367. The molecule has 2 N–H and O–H groups in total. The Morgan fingerprint density at radius 2 is 2.00 bits per heavy atom. The first-order valence-corrected chi connectivity index (χ1v) is 7.14. The maximum Gasteiger partial charge on any atom is 0.263 e. The molecular weight excluding hydrogens is 260 g/mol. The van der Waals surface area contributed by atoms with E-state index in [4.69, 9.17) is 5.73 Å². The van der Waals surface area contributed by atoms with Gasteiger partial charge in [-0.05, 0) is 44.2 Å². The summed E-state index contributed by atoms with van der Waals surface area (Å²) in [6.07, 6.45) is 3.91. The summed E-state index contributed by atoms with van der Waals surface area (Å²) in [6.45, 7) is 0.756. The third-order valence-corrected chi connectivity index (χ3v) is 4.32. The van der Waals surface area contributed by atoms with E-state index in [0.717, 1.165) is 37.6 Å². The van der Waals surface area contributed by atoms with Crippen LogP contribution in [0.2, 0.25) is 0 Å². The van der Waals surface area contributed by atoms with Gasteiger partial charge in [0.05, 0.1) is 11.6 Å². The lowest BCUT2D eigenvalue weighted by molar-refractivity contribution is 0.151. The largest absolute Gasteiger partial charge is 0.330 e. The predicted octanol–water partition coefficient (Wildman–Crippen LogP) is 3.66. The van der Waals surface area contributed by atoms with Gasteiger partial charge in [-0.3, -0.25) is 4.68 Å². The molecule has 5 heteroatoms. The molecule has 2 aromatic rings. The Morgan fingerprint density at radius 1 is 1.25 bits per heavy atom. The van der Waals surface area contributed by atoms with Crippen LogP contribution in [0, 0.1) is 5.92 Å². The number of hydrogen-bond acceptors (Lipinski definition) is 2. The molecule has 0 atom stereocenters. The molecule has 1 heterocycles. The fraction of sp³-hybridized carbons (Fsp3) is 0.533. The van der Waals surface area contributed by atoms with E-state index in [1.165, 1.54) is 12.1 Å². The molecule has 0 unspecified atom stereocenters. The first kappa shape index (κ1) is 13.5. The summed E-state index contributed by atoms with van der Waals surface area (Å²) in [5.41, 5.74) is 6.39. The second kappa shape index (κ2) is 5.48. The predicted molar refractivity (Wildman–Crippen MR) is 74.7 cm³/mol. The standard InChI is InChI=1S/C15H19F2N3/c16-15(17)11-3-4-12-9-20(19-14(12)7-11)13-5-1-10(8-18)2-6-13/h3-4,7,9-10,13,15H,1-2,5-6,8,18H2/t10-,13-. The molecule has 0 aliphatic heterocycles. The maximum absolute atomic E-state index is 12.7. The van der Waals surface area contributed by atoms with Crippen molar-refractivity contribution in [2.45, 2.75) is 38.2 Å². The van der Waals surface area contributed by atoms with Crippen LogP contribution in [0.3, 0.4) is 0 Å². The fourth-order valence-electron chi connectivity index (χ4n) is 3.02. The van der Waals surface area contributed by atoms with Crippen molar-refractivity contribution in [2.24, 2.45) is 11.7 Å². The molecule has 0 amide bonds. The van der Waals surface area contributed by atoms with E-state index >= 15 is 0 Å². The van der Waals surface area contributed by atoms with Crippen LogP contribution in [0.1, 0.15) is 43.7 Å². The van der Waals surface area contributed by atoms with Gasteiger partial charge in [0.25, 0.3) is 6.43 Å². The molecule has 0 radical (unpaired) electrons. The van der Waals surface area contributed by atoms with Gasteiger partial charge in [-0.15, -0.1) is 0 Å². The molecule has 20 heavy (non-hydrogen) atoms. The Hall–Kier alpha value is -1.49. The van der Waals surface area contributed by atoms with E-state index in [1.54, 1.807) is 6.07 Å². The van der Waals surface area contributed by atoms with E-state index in [1.807, 2.05) is 10.9 Å². The molecule has 1 fully saturated rings. The summed E-state index contributed by atoms with van der Waals surface area (Å²) < 4.78 is 27.3. The summed E-state index contributed by atoms with van der Waals surface area (Å²) in [4.78, 5) is 0. The molecule has 1 saturated carbocycles. The zero-order chi connectivity index (χ0) is 14.1. The van der Waals surface area contributed by atoms with Gasteiger partial charge in [-0.1, -0.05) is 12.1 Å². The van der Waals surface area contributed by atoms with Gasteiger partial charge in [0, 0.05) is 17.1 Å². The number of benzene rings is 1. The molecule has 108 valence electrons. The highest BCUT2D eigenvalue weighted by Gasteiger charge is 2.22. The van der Waals surface area contributed by atoms with Crippen molar-refractivity contribution in [3.63, 3.8) is 0 Å². The SMILES string of the molecule is NC[C@H]1CC[C@H](n2cc3ccc(C(F)F)cc3n2)CC1. The van der Waals surface area contributed by atoms with Crippen molar-refractivity contribution in [1.29, 1.82) is 0 Å². The molecule has 0 bridgehead atoms. The smallest absolute Gasteiger partial charge is 0.263 e. The van der Waals surface area contributed by atoms with Crippen LogP contribution in [0.4, 0.5) is 8.78 Å². The number of alkyl halides is 2. The van der Waals surface area contributed by atoms with Crippen LogP contribution >= 0.6 is 0 Å². The quantitative estimate of drug-likeness (QED) is 0.931. The highest BCUT2D eigenvalue weighted by molar-refractivity contribution is 5.78. The molecule has 1 aliphatic rings. The normalized spacial score (nSPS) is 23.6. The highest BCUT2D eigenvalue weighted by atomic mass is 19.3. The molecule has 1 aliphatic carbocycles. The summed E-state index contributed by atoms with van der Waals surface area (Å²) in [5, 5.41) is 5.41. The lowest BCUT2D eigenvalue weighted by atomic mass is 9.86. The number of halogens is 2. The third kappa shape index (κ3) is 2.54. The van der Waals surface area contributed by atoms with E-state index in [0.29, 0.717) is 17.5 Å². The average Bonchev–Trinajstić information content (AvgIpc) is 2.90. The minimum Gasteiger partial charge on any atom is -0.330 e. The average molecular weight is 279 g/mol. The van der Waals surface area contributed by atoms with Crippen LogP contribution in [-0.4, -0.2) is 16.3 Å². The van der Waals surface area contributed by atoms with Gasteiger partial charge >= 0.3 is 0 Å². The first-order valence-electron chi connectivity index (χ1n) is 7.14. The number of aromatic nitrogens is 2. The van der Waals surface area contributed by atoms with Gasteiger partial charge in [0.2, 0.25) is 0 Å². The summed E-state index contributed by atoms with van der Waals surface area (Å²) >= 11 is 0. The fourth-order valence-corrected chi connectivity index (χ4v) is 3.02. The Morgan fingerprint density at radius 3 is 2.65 bits per heavy atom. The zero-order valence-corrected chi connectivity index (χ0v) is 11.3. The van der Waals surface area contributed by atoms with E-state index in [-0.39, 0.29) is 5.56 Å². The summed E-state index contributed by atoms with van der Waals surface area (Å²) in [7, 11) is 0. The monoisotopic (exact) mass is 279 g/mol. The van der Waals surface area contributed by atoms with E-state index in [2.05, 4.69) is 5.10 Å². The molecular formula is C15H19F2N3. The summed E-state index contributed by atoms with van der Waals surface area (Å²) in [5.74, 6) is 0.627. The van der Waals surface area contributed by atoms with Crippen LogP contribution in [0.15, 0.2) is 24.4 Å². The molecule has 0 saturated heterocycles. The first-order chi connectivity index (χ1) is 9.67. The second-order valence-corrected chi connectivity index (χ2v) is 5.64. The molecule has 3 nitrogen and oxygen atoms in total. The van der Waals surface area contributed by atoms with Gasteiger partial charge in [0.15, 0.2) is 0 Å². The Bertz CT molecular complexity index is 586. The number of nitrogens with zero attached hydrogens (tertiary/aromatic N) is 2. The van der Waals surface area contributed by atoms with Crippen LogP contribution in [-0.2, 0) is 0 Å². The Kier molecular flexibility index (Phi) is 3.70. The third-order valence-electron chi connectivity index (χ3n) is 4.32. The van der Waals surface area contributed by atoms with Gasteiger partial charge in [-0.2, -0.15) is 5.10 Å². The van der Waals surface area contributed by atoms with Crippen molar-refractivity contribution >= 4 is 10.9 Å². The van der Waals surface area contributed by atoms with Crippen molar-refractivity contribution in [2.75, 3.05) is 6.54 Å². The number of hydrogen-bond donors (Lipinski definition) is 1. The second-order valence-electron chi connectivity index (χ2n) is 5.64. The molecule has 0 spiro atoms. The van der Waals surface area contributed by atoms with Gasteiger partial charge in [0.1, 0.15) is 0 Å². The van der Waals surface area contributed by atoms with Crippen molar-refractivity contribution in [1.82, 2.24) is 9.78 Å². The lowest BCUT2D eigenvalue weighted by Gasteiger charge is -2.27. The Labute approximate surface area is 116 Å². The van der Waals surface area contributed by atoms with Crippen molar-refractivity contribution < 1.29 is 8.78 Å². The van der Waals surface area contributed by atoms with E-state index in [9.17, 15) is 8.78 Å². The number of fused-ring (bicyclic) bond motifs is 1. The molecule has 3 rings (SSSR count). The summed E-state index contributed by atoms with van der Waals surface area (Å²) in [6, 6.07) is 5.07. The maximum atomic E-state index is 12.7. The molecule has 1 aromatic carbocycles. The number of rotatable bonds is 3. The van der Waals surface area contributed by atoms with Crippen molar-refractivity contribution in [3.8, 4) is 0 Å². The zero-order valence-electron chi connectivity index (χ0n) is 11.3. The minimum atomic E-state index is -2.44. The van der Waals surface area contributed by atoms with Crippen molar-refractivity contribution in [3.05, 3.63) is 30.0 Å². The van der Waals surface area contributed by atoms with Gasteiger partial charge < -0.3 is 5.73 Å². The topological polar surface area (TPSA) is 43.8 Å². The van der Waals surface area contributed by atoms with Gasteiger partial charge in [-0.25, -0.2) is 8.78 Å². The highest BCUT2D eigenvalue weighted by Crippen LogP contribution is 2.32. The van der Waals surface area contributed by atoms with Crippen LogP contribution in [0.25, 0.3) is 10.9 Å². The van der Waals surface area contributed by atoms with E-state index < -0.39 is 6.43 Å². The number of nitrogens with two attached hydrogens (primary N) is 1. The lowest BCUT2D eigenvalue weighted by Crippen LogP contribution is -2.23. The molecule has 1 aromatic heterocycles.